The Morgan fingerprint density at radius 1 is 0.938 bits per heavy atom. The highest BCUT2D eigenvalue weighted by atomic mass is 127. The highest BCUT2D eigenvalue weighted by molar-refractivity contribution is 14.1. The molecule has 168 valence electrons. The number of hydrogen-bond acceptors (Lipinski definition) is 3. The van der Waals surface area contributed by atoms with Gasteiger partial charge in [0, 0.05) is 9.26 Å². The Labute approximate surface area is 197 Å². The first-order valence-electron chi connectivity index (χ1n) is 9.34. The Bertz CT molecular complexity index is 1190. The lowest BCUT2D eigenvalue weighted by atomic mass is 10.1. The van der Waals surface area contributed by atoms with Crippen LogP contribution in [-0.4, -0.2) is 20.4 Å². The van der Waals surface area contributed by atoms with Crippen molar-refractivity contribution in [1.29, 1.82) is 0 Å². The molecule has 0 aromatic heterocycles. The minimum Gasteiger partial charge on any atom is -0.325 e. The van der Waals surface area contributed by atoms with Crippen LogP contribution in [0.15, 0.2) is 83.8 Å². The van der Waals surface area contributed by atoms with Gasteiger partial charge in [-0.1, -0.05) is 36.4 Å². The van der Waals surface area contributed by atoms with E-state index in [4.69, 9.17) is 0 Å². The van der Waals surface area contributed by atoms with Crippen LogP contribution in [0.4, 0.5) is 18.9 Å². The van der Waals surface area contributed by atoms with E-state index in [1.165, 1.54) is 24.3 Å². The fraction of sp³-hybridized carbons (Fsp3) is 0.136. The number of carbonyl (C=O) groups is 1. The molecule has 0 fully saturated rings. The fourth-order valence-corrected chi connectivity index (χ4v) is 4.46. The van der Waals surface area contributed by atoms with E-state index in [1.54, 1.807) is 42.5 Å². The predicted molar refractivity (Wildman–Crippen MR) is 123 cm³/mol. The summed E-state index contributed by atoms with van der Waals surface area (Å²) in [5.41, 5.74) is -0.326. The molecule has 0 aliphatic heterocycles. The summed E-state index contributed by atoms with van der Waals surface area (Å²) >= 11 is 2.04. The third kappa shape index (κ3) is 6.53. The number of rotatable bonds is 7. The van der Waals surface area contributed by atoms with Crippen molar-refractivity contribution in [3.63, 3.8) is 0 Å². The lowest BCUT2D eigenvalue weighted by Gasteiger charge is -2.19. The Hall–Kier alpha value is -2.44. The molecule has 0 spiro atoms. The number of halogens is 4. The average Bonchev–Trinajstić information content (AvgIpc) is 2.74. The van der Waals surface area contributed by atoms with Crippen molar-refractivity contribution in [2.24, 2.45) is 0 Å². The summed E-state index contributed by atoms with van der Waals surface area (Å²) < 4.78 is 67.9. The van der Waals surface area contributed by atoms with E-state index in [0.717, 1.165) is 15.7 Å². The van der Waals surface area contributed by atoms with Crippen LogP contribution in [-0.2, 0) is 27.4 Å². The molecular weight excluding hydrogens is 556 g/mol. The maximum Gasteiger partial charge on any atom is 0.416 e. The van der Waals surface area contributed by atoms with Gasteiger partial charge in [-0.15, -0.1) is 0 Å². The van der Waals surface area contributed by atoms with E-state index >= 15 is 0 Å². The van der Waals surface area contributed by atoms with Gasteiger partial charge in [0.05, 0.1) is 10.5 Å². The van der Waals surface area contributed by atoms with Crippen LogP contribution < -0.4 is 10.0 Å². The second-order valence-corrected chi connectivity index (χ2v) is 9.84. The van der Waals surface area contributed by atoms with E-state index in [0.29, 0.717) is 5.56 Å². The summed E-state index contributed by atoms with van der Waals surface area (Å²) in [6.07, 6.45) is -4.56. The molecule has 2 N–H and O–H groups in total. The first kappa shape index (κ1) is 24.2. The number of amides is 1. The quantitative estimate of drug-likeness (QED) is 0.397. The smallest absolute Gasteiger partial charge is 0.325 e. The van der Waals surface area contributed by atoms with Crippen LogP contribution >= 0.6 is 22.6 Å². The molecule has 3 rings (SSSR count). The summed E-state index contributed by atoms with van der Waals surface area (Å²) in [7, 11) is -4.06. The standard InChI is InChI=1S/C22H18F3IN2O3S/c23-22(24,25)16-7-4-8-18(14-16)27-21(29)20(13-15-5-2-1-3-6-15)28-32(30,31)19-11-9-17(26)10-12-19/h1-12,14,20,28H,13H2,(H,27,29)/t20-/m0/s1. The second-order valence-electron chi connectivity index (χ2n) is 6.89. The molecule has 0 radical (unpaired) electrons. The Morgan fingerprint density at radius 2 is 1.59 bits per heavy atom. The minimum absolute atomic E-state index is 0.00916. The van der Waals surface area contributed by atoms with Gasteiger partial charge in [0.1, 0.15) is 6.04 Å². The van der Waals surface area contributed by atoms with Gasteiger partial charge in [-0.3, -0.25) is 4.79 Å². The molecule has 0 saturated carbocycles. The number of carbonyl (C=O) groups excluding carboxylic acids is 1. The molecule has 1 amide bonds. The molecule has 0 aliphatic carbocycles. The van der Waals surface area contributed by atoms with E-state index in [9.17, 15) is 26.4 Å². The number of nitrogens with one attached hydrogen (secondary N) is 2. The van der Waals surface area contributed by atoms with Crippen LogP contribution in [0.25, 0.3) is 0 Å². The van der Waals surface area contributed by atoms with E-state index in [1.807, 2.05) is 22.6 Å². The number of sulfonamides is 1. The zero-order chi connectivity index (χ0) is 23.4. The SMILES string of the molecule is O=C(Nc1cccc(C(F)(F)F)c1)[C@H](Cc1ccccc1)NS(=O)(=O)c1ccc(I)cc1. The third-order valence-electron chi connectivity index (χ3n) is 4.48. The fourth-order valence-electron chi connectivity index (χ4n) is 2.91. The van der Waals surface area contributed by atoms with Gasteiger partial charge in [-0.25, -0.2) is 8.42 Å². The number of benzene rings is 3. The summed E-state index contributed by atoms with van der Waals surface area (Å²) in [6, 6.07) is 17.7. The van der Waals surface area contributed by atoms with Gasteiger partial charge in [0.15, 0.2) is 0 Å². The van der Waals surface area contributed by atoms with Crippen molar-refractivity contribution in [3.8, 4) is 0 Å². The topological polar surface area (TPSA) is 75.3 Å². The van der Waals surface area contributed by atoms with Crippen molar-refractivity contribution in [3.05, 3.63) is 93.6 Å². The molecule has 1 atom stereocenters. The van der Waals surface area contributed by atoms with Crippen LogP contribution in [0.1, 0.15) is 11.1 Å². The highest BCUT2D eigenvalue weighted by Crippen LogP contribution is 2.30. The van der Waals surface area contributed by atoms with Gasteiger partial charge in [0.2, 0.25) is 15.9 Å². The molecule has 0 unspecified atom stereocenters. The van der Waals surface area contributed by atoms with Gasteiger partial charge in [-0.2, -0.15) is 17.9 Å². The normalized spacial score (nSPS) is 12.9. The summed E-state index contributed by atoms with van der Waals surface area (Å²) in [4.78, 5) is 12.9. The lowest BCUT2D eigenvalue weighted by Crippen LogP contribution is -2.45. The zero-order valence-electron chi connectivity index (χ0n) is 16.4. The van der Waals surface area contributed by atoms with Crippen molar-refractivity contribution in [2.75, 3.05) is 5.32 Å². The first-order chi connectivity index (χ1) is 15.0. The molecule has 10 heteroatoms. The van der Waals surface area contributed by atoms with Gasteiger partial charge in [0.25, 0.3) is 0 Å². The highest BCUT2D eigenvalue weighted by Gasteiger charge is 2.31. The summed E-state index contributed by atoms with van der Waals surface area (Å²) in [6.45, 7) is 0. The lowest BCUT2D eigenvalue weighted by molar-refractivity contribution is -0.137. The number of anilines is 1. The molecule has 0 heterocycles. The van der Waals surface area contributed by atoms with Crippen LogP contribution in [0.5, 0.6) is 0 Å². The number of alkyl halides is 3. The molecule has 0 aliphatic rings. The van der Waals surface area contributed by atoms with Gasteiger partial charge in [-0.05, 0) is 77.0 Å². The maximum atomic E-state index is 13.0. The largest absolute Gasteiger partial charge is 0.416 e. The van der Waals surface area contributed by atoms with Crippen LogP contribution in [0.2, 0.25) is 0 Å². The minimum atomic E-state index is -4.57. The average molecular weight is 574 g/mol. The Balaban J connectivity index is 1.87. The van der Waals surface area contributed by atoms with E-state index in [2.05, 4.69) is 10.0 Å². The monoisotopic (exact) mass is 574 g/mol. The van der Waals surface area contributed by atoms with Crippen LogP contribution in [0, 0.1) is 3.57 Å². The first-order valence-corrected chi connectivity index (χ1v) is 11.9. The van der Waals surface area contributed by atoms with E-state index < -0.39 is 33.7 Å². The van der Waals surface area contributed by atoms with Crippen molar-refractivity contribution >= 4 is 44.2 Å². The van der Waals surface area contributed by atoms with Crippen molar-refractivity contribution < 1.29 is 26.4 Å². The Morgan fingerprint density at radius 3 is 2.22 bits per heavy atom. The van der Waals surface area contributed by atoms with Gasteiger partial charge >= 0.3 is 6.18 Å². The predicted octanol–water partition coefficient (Wildman–Crippen LogP) is 4.84. The molecule has 3 aromatic rings. The molecule has 5 nitrogen and oxygen atoms in total. The molecule has 32 heavy (non-hydrogen) atoms. The number of hydrogen-bond donors (Lipinski definition) is 2. The Kier molecular flexibility index (Phi) is 7.57. The molecule has 0 bridgehead atoms. The third-order valence-corrected chi connectivity index (χ3v) is 6.68. The maximum absolute atomic E-state index is 13.0. The molecule has 3 aromatic carbocycles. The molecule has 0 saturated heterocycles. The summed E-state index contributed by atoms with van der Waals surface area (Å²) in [5, 5.41) is 2.39. The van der Waals surface area contributed by atoms with Gasteiger partial charge < -0.3 is 5.32 Å². The van der Waals surface area contributed by atoms with Crippen molar-refractivity contribution in [1.82, 2.24) is 4.72 Å². The van der Waals surface area contributed by atoms with E-state index in [-0.39, 0.29) is 17.0 Å². The summed E-state index contributed by atoms with van der Waals surface area (Å²) in [5.74, 6) is -0.776. The molecular formula is C22H18F3IN2O3S. The zero-order valence-corrected chi connectivity index (χ0v) is 19.4. The second kappa shape index (κ2) is 10.0. The van der Waals surface area contributed by atoms with Crippen LogP contribution in [0.3, 0.4) is 0 Å². The van der Waals surface area contributed by atoms with Crippen molar-refractivity contribution in [2.45, 2.75) is 23.5 Å².